The van der Waals surface area contributed by atoms with Crippen LogP contribution in [0.1, 0.15) is 44.2 Å². The maximum atomic E-state index is 12.0. The van der Waals surface area contributed by atoms with Crippen molar-refractivity contribution in [3.8, 4) is 5.75 Å². The SMILES string of the molecule is CC(C)c1ccc(OC(C)c2nnc(SCC(=O)Nc3nccs3)n2C)cc1. The minimum atomic E-state index is -0.263. The number of hydrogen-bond acceptors (Lipinski definition) is 7. The Bertz CT molecular complexity index is 907. The van der Waals surface area contributed by atoms with Gasteiger partial charge in [-0.05, 0) is 30.5 Å². The van der Waals surface area contributed by atoms with Crippen molar-refractivity contribution in [1.82, 2.24) is 19.7 Å². The number of rotatable bonds is 8. The summed E-state index contributed by atoms with van der Waals surface area (Å²) in [5, 5.41) is 14.2. The molecule has 9 heteroatoms. The number of thiazole rings is 1. The molecule has 1 atom stereocenters. The Balaban J connectivity index is 1.57. The molecule has 0 saturated heterocycles. The molecule has 0 bridgehead atoms. The molecule has 3 rings (SSSR count). The quantitative estimate of drug-likeness (QED) is 0.551. The van der Waals surface area contributed by atoms with Gasteiger partial charge in [0.25, 0.3) is 0 Å². The highest BCUT2D eigenvalue weighted by molar-refractivity contribution is 7.99. The lowest BCUT2D eigenvalue weighted by molar-refractivity contribution is -0.113. The third kappa shape index (κ3) is 5.11. The van der Waals surface area contributed by atoms with E-state index in [4.69, 9.17) is 4.74 Å². The number of carbonyl (C=O) groups is 1. The molecule has 0 aliphatic carbocycles. The van der Waals surface area contributed by atoms with Crippen molar-refractivity contribution in [2.24, 2.45) is 7.05 Å². The molecule has 0 spiro atoms. The Morgan fingerprint density at radius 3 is 2.64 bits per heavy atom. The van der Waals surface area contributed by atoms with Gasteiger partial charge in [-0.3, -0.25) is 4.79 Å². The molecule has 0 radical (unpaired) electrons. The Labute approximate surface area is 172 Å². The fraction of sp³-hybridized carbons (Fsp3) is 0.368. The normalized spacial score (nSPS) is 12.2. The lowest BCUT2D eigenvalue weighted by atomic mass is 10.0. The van der Waals surface area contributed by atoms with Crippen LogP contribution >= 0.6 is 23.1 Å². The van der Waals surface area contributed by atoms with Crippen molar-refractivity contribution < 1.29 is 9.53 Å². The maximum absolute atomic E-state index is 12.0. The summed E-state index contributed by atoms with van der Waals surface area (Å²) < 4.78 is 7.86. The summed E-state index contributed by atoms with van der Waals surface area (Å²) in [6, 6.07) is 8.10. The zero-order chi connectivity index (χ0) is 20.1. The van der Waals surface area contributed by atoms with Crippen molar-refractivity contribution in [2.45, 2.75) is 37.9 Å². The molecule has 2 aromatic heterocycles. The highest BCUT2D eigenvalue weighted by Gasteiger charge is 2.18. The van der Waals surface area contributed by atoms with Gasteiger partial charge in [0, 0.05) is 18.6 Å². The molecule has 2 heterocycles. The molecule has 3 aromatic rings. The Morgan fingerprint density at radius 2 is 2.00 bits per heavy atom. The monoisotopic (exact) mass is 417 g/mol. The second-order valence-corrected chi connectivity index (χ2v) is 8.39. The van der Waals surface area contributed by atoms with E-state index in [0.717, 1.165) is 5.75 Å². The van der Waals surface area contributed by atoms with Crippen LogP contribution < -0.4 is 10.1 Å². The van der Waals surface area contributed by atoms with Gasteiger partial charge in [0.15, 0.2) is 22.2 Å². The van der Waals surface area contributed by atoms with Gasteiger partial charge in [-0.15, -0.1) is 21.5 Å². The highest BCUT2D eigenvalue weighted by Crippen LogP contribution is 2.25. The number of aromatic nitrogens is 4. The lowest BCUT2D eigenvalue weighted by Crippen LogP contribution is -2.14. The largest absolute Gasteiger partial charge is 0.483 e. The minimum Gasteiger partial charge on any atom is -0.483 e. The second kappa shape index (κ2) is 9.20. The number of ether oxygens (including phenoxy) is 1. The fourth-order valence-electron chi connectivity index (χ4n) is 2.56. The van der Waals surface area contributed by atoms with Crippen LogP contribution in [0.2, 0.25) is 0 Å². The van der Waals surface area contributed by atoms with Crippen LogP contribution in [0.4, 0.5) is 5.13 Å². The summed E-state index contributed by atoms with van der Waals surface area (Å²) in [4.78, 5) is 16.0. The minimum absolute atomic E-state index is 0.126. The molecule has 0 saturated carbocycles. The van der Waals surface area contributed by atoms with Gasteiger partial charge in [-0.2, -0.15) is 0 Å². The van der Waals surface area contributed by atoms with E-state index in [1.54, 1.807) is 6.20 Å². The first-order valence-electron chi connectivity index (χ1n) is 8.92. The standard InChI is InChI=1S/C19H23N5O2S2/c1-12(2)14-5-7-15(8-6-14)26-13(3)17-22-23-19(24(17)4)28-11-16(25)21-18-20-9-10-27-18/h5-10,12-13H,11H2,1-4H3,(H,20,21,25). The average Bonchev–Trinajstić information content (AvgIpc) is 3.30. The van der Waals surface area contributed by atoms with E-state index in [-0.39, 0.29) is 17.8 Å². The van der Waals surface area contributed by atoms with Crippen molar-refractivity contribution in [1.29, 1.82) is 0 Å². The number of amides is 1. The molecule has 28 heavy (non-hydrogen) atoms. The van der Waals surface area contributed by atoms with Crippen LogP contribution in [-0.4, -0.2) is 31.4 Å². The molecule has 1 N–H and O–H groups in total. The van der Waals surface area contributed by atoms with Gasteiger partial charge < -0.3 is 14.6 Å². The van der Waals surface area contributed by atoms with Crippen LogP contribution in [0.15, 0.2) is 41.0 Å². The van der Waals surface area contributed by atoms with Crippen LogP contribution in [0, 0.1) is 0 Å². The summed E-state index contributed by atoms with van der Waals surface area (Å²) in [7, 11) is 1.87. The maximum Gasteiger partial charge on any atom is 0.236 e. The van der Waals surface area contributed by atoms with E-state index in [1.165, 1.54) is 28.7 Å². The lowest BCUT2D eigenvalue weighted by Gasteiger charge is -2.15. The van der Waals surface area contributed by atoms with E-state index in [9.17, 15) is 4.79 Å². The highest BCUT2D eigenvalue weighted by atomic mass is 32.2. The molecular weight excluding hydrogens is 394 g/mol. The van der Waals surface area contributed by atoms with E-state index in [2.05, 4.69) is 46.5 Å². The molecular formula is C19H23N5O2S2. The number of hydrogen-bond donors (Lipinski definition) is 1. The summed E-state index contributed by atoms with van der Waals surface area (Å²) in [5.41, 5.74) is 1.27. The first kappa shape index (κ1) is 20.3. The van der Waals surface area contributed by atoms with Gasteiger partial charge in [0.2, 0.25) is 5.91 Å². The zero-order valence-corrected chi connectivity index (χ0v) is 17.9. The molecule has 0 aliphatic rings. The average molecular weight is 418 g/mol. The first-order valence-corrected chi connectivity index (χ1v) is 10.8. The van der Waals surface area contributed by atoms with Crippen molar-refractivity contribution in [2.75, 3.05) is 11.1 Å². The van der Waals surface area contributed by atoms with Crippen LogP contribution in [0.3, 0.4) is 0 Å². The predicted octanol–water partition coefficient (Wildman–Crippen LogP) is 4.27. The summed E-state index contributed by atoms with van der Waals surface area (Å²) >= 11 is 2.71. The van der Waals surface area contributed by atoms with Crippen LogP contribution in [-0.2, 0) is 11.8 Å². The van der Waals surface area contributed by atoms with Gasteiger partial charge in [-0.25, -0.2) is 4.98 Å². The molecule has 148 valence electrons. The fourth-order valence-corrected chi connectivity index (χ4v) is 3.83. The van der Waals surface area contributed by atoms with E-state index in [0.29, 0.717) is 22.0 Å². The number of anilines is 1. The van der Waals surface area contributed by atoms with E-state index in [1.807, 2.05) is 36.1 Å². The topological polar surface area (TPSA) is 81.9 Å². The number of carbonyl (C=O) groups excluding carboxylic acids is 1. The van der Waals surface area contributed by atoms with Gasteiger partial charge in [-0.1, -0.05) is 37.7 Å². The molecule has 7 nitrogen and oxygen atoms in total. The molecule has 0 fully saturated rings. The van der Waals surface area contributed by atoms with Crippen molar-refractivity contribution >= 4 is 34.1 Å². The zero-order valence-electron chi connectivity index (χ0n) is 16.2. The van der Waals surface area contributed by atoms with Crippen molar-refractivity contribution in [3.05, 3.63) is 47.2 Å². The number of nitrogens with one attached hydrogen (secondary N) is 1. The third-order valence-corrected chi connectivity index (χ3v) is 5.81. The Morgan fingerprint density at radius 1 is 1.25 bits per heavy atom. The summed E-state index contributed by atoms with van der Waals surface area (Å²) in [5.74, 6) is 2.08. The summed E-state index contributed by atoms with van der Waals surface area (Å²) in [6.07, 6.45) is 1.39. The number of benzene rings is 1. The molecule has 0 aliphatic heterocycles. The van der Waals surface area contributed by atoms with Gasteiger partial charge in [0.1, 0.15) is 5.75 Å². The predicted molar refractivity (Wildman–Crippen MR) is 112 cm³/mol. The van der Waals surface area contributed by atoms with Crippen LogP contribution in [0.5, 0.6) is 5.75 Å². The van der Waals surface area contributed by atoms with Gasteiger partial charge in [0.05, 0.1) is 5.75 Å². The van der Waals surface area contributed by atoms with Crippen molar-refractivity contribution in [3.63, 3.8) is 0 Å². The van der Waals surface area contributed by atoms with Gasteiger partial charge >= 0.3 is 0 Å². The van der Waals surface area contributed by atoms with E-state index < -0.39 is 0 Å². The smallest absolute Gasteiger partial charge is 0.236 e. The second-order valence-electron chi connectivity index (χ2n) is 6.56. The molecule has 1 aromatic carbocycles. The Kier molecular flexibility index (Phi) is 6.69. The molecule has 1 unspecified atom stereocenters. The van der Waals surface area contributed by atoms with E-state index >= 15 is 0 Å². The first-order chi connectivity index (χ1) is 13.4. The van der Waals surface area contributed by atoms with Crippen LogP contribution in [0.25, 0.3) is 0 Å². The number of nitrogens with zero attached hydrogens (tertiary/aromatic N) is 4. The number of thioether (sulfide) groups is 1. The summed E-state index contributed by atoms with van der Waals surface area (Å²) in [6.45, 7) is 6.26. The molecule has 1 amide bonds. The Hall–Kier alpha value is -2.39. The third-order valence-electron chi connectivity index (χ3n) is 4.10.